The van der Waals surface area contributed by atoms with E-state index in [0.29, 0.717) is 30.2 Å². The highest BCUT2D eigenvalue weighted by Crippen LogP contribution is 2.30. The van der Waals surface area contributed by atoms with Crippen LogP contribution < -0.4 is 14.8 Å². The SMILES string of the molecule is COc1ccc(NC(=O)C2CCCCN2CC(=O)O)cc1OC. The summed E-state index contributed by atoms with van der Waals surface area (Å²) in [5, 5.41) is 11.8. The van der Waals surface area contributed by atoms with E-state index in [1.165, 1.54) is 7.11 Å². The lowest BCUT2D eigenvalue weighted by Gasteiger charge is -2.33. The number of benzene rings is 1. The number of carboxylic acid groups (broad SMARTS) is 1. The van der Waals surface area contributed by atoms with Crippen LogP contribution in [0.2, 0.25) is 0 Å². The van der Waals surface area contributed by atoms with Gasteiger partial charge in [0.15, 0.2) is 11.5 Å². The molecule has 0 radical (unpaired) electrons. The first kappa shape index (κ1) is 17.1. The molecule has 23 heavy (non-hydrogen) atoms. The van der Waals surface area contributed by atoms with Crippen molar-refractivity contribution in [3.05, 3.63) is 18.2 Å². The van der Waals surface area contributed by atoms with E-state index < -0.39 is 12.0 Å². The number of aliphatic carboxylic acids is 1. The lowest BCUT2D eigenvalue weighted by molar-refractivity contribution is -0.140. The minimum atomic E-state index is -0.921. The number of piperidine rings is 1. The molecule has 0 aliphatic carbocycles. The van der Waals surface area contributed by atoms with E-state index in [9.17, 15) is 9.59 Å². The minimum Gasteiger partial charge on any atom is -0.493 e. The molecule has 1 saturated heterocycles. The van der Waals surface area contributed by atoms with Crippen molar-refractivity contribution in [3.8, 4) is 11.5 Å². The number of nitrogens with zero attached hydrogens (tertiary/aromatic N) is 1. The third-order valence-corrected chi connectivity index (χ3v) is 3.91. The summed E-state index contributed by atoms with van der Waals surface area (Å²) in [6.45, 7) is 0.500. The Morgan fingerprint density at radius 3 is 2.65 bits per heavy atom. The molecule has 1 aromatic carbocycles. The number of rotatable bonds is 6. The molecular formula is C16H22N2O5. The average Bonchev–Trinajstić information content (AvgIpc) is 2.54. The first-order chi connectivity index (χ1) is 11.0. The number of carbonyl (C=O) groups excluding carboxylic acids is 1. The van der Waals surface area contributed by atoms with Gasteiger partial charge in [0.2, 0.25) is 5.91 Å². The van der Waals surface area contributed by atoms with E-state index in [4.69, 9.17) is 14.6 Å². The standard InChI is InChI=1S/C16H22N2O5/c1-22-13-7-6-11(9-14(13)23-2)17-16(21)12-5-3-4-8-18(12)10-15(19)20/h6-7,9,12H,3-5,8,10H2,1-2H3,(H,17,21)(H,19,20). The van der Waals surface area contributed by atoms with Gasteiger partial charge in [-0.05, 0) is 31.5 Å². The molecule has 1 atom stereocenters. The van der Waals surface area contributed by atoms with Gasteiger partial charge in [-0.15, -0.1) is 0 Å². The van der Waals surface area contributed by atoms with Crippen LogP contribution in [0.1, 0.15) is 19.3 Å². The number of ether oxygens (including phenoxy) is 2. The molecule has 2 rings (SSSR count). The van der Waals surface area contributed by atoms with E-state index >= 15 is 0 Å². The van der Waals surface area contributed by atoms with Gasteiger partial charge in [0, 0.05) is 11.8 Å². The van der Waals surface area contributed by atoms with Gasteiger partial charge in [0.1, 0.15) is 0 Å². The van der Waals surface area contributed by atoms with Crippen LogP contribution >= 0.6 is 0 Å². The van der Waals surface area contributed by atoms with Gasteiger partial charge < -0.3 is 19.9 Å². The molecule has 1 aliphatic heterocycles. The zero-order valence-corrected chi connectivity index (χ0v) is 13.4. The van der Waals surface area contributed by atoms with Crippen LogP contribution in [-0.4, -0.2) is 55.2 Å². The largest absolute Gasteiger partial charge is 0.493 e. The number of methoxy groups -OCH3 is 2. The normalized spacial score (nSPS) is 18.3. The van der Waals surface area contributed by atoms with Crippen LogP contribution in [0.15, 0.2) is 18.2 Å². The molecule has 1 unspecified atom stereocenters. The molecule has 0 aromatic heterocycles. The fourth-order valence-electron chi connectivity index (χ4n) is 2.79. The summed E-state index contributed by atoms with van der Waals surface area (Å²) in [5.41, 5.74) is 0.591. The topological polar surface area (TPSA) is 88.1 Å². The second-order valence-corrected chi connectivity index (χ2v) is 5.43. The summed E-state index contributed by atoms with van der Waals surface area (Å²) < 4.78 is 10.4. The molecule has 7 heteroatoms. The molecular weight excluding hydrogens is 300 g/mol. The Kier molecular flexibility index (Phi) is 5.81. The molecule has 126 valence electrons. The maximum Gasteiger partial charge on any atom is 0.317 e. The molecule has 1 aromatic rings. The van der Waals surface area contributed by atoms with Gasteiger partial charge in [0.05, 0.1) is 26.8 Å². The number of carbonyl (C=O) groups is 2. The minimum absolute atomic E-state index is 0.121. The summed E-state index contributed by atoms with van der Waals surface area (Å²) in [4.78, 5) is 25.2. The number of nitrogens with one attached hydrogen (secondary N) is 1. The lowest BCUT2D eigenvalue weighted by Crippen LogP contribution is -2.49. The maximum absolute atomic E-state index is 12.5. The van der Waals surface area contributed by atoms with Crippen molar-refractivity contribution in [2.24, 2.45) is 0 Å². The van der Waals surface area contributed by atoms with E-state index in [0.717, 1.165) is 12.8 Å². The van der Waals surface area contributed by atoms with Crippen LogP contribution in [-0.2, 0) is 9.59 Å². The summed E-state index contributed by atoms with van der Waals surface area (Å²) in [6, 6.07) is 4.70. The number of amides is 1. The second kappa shape index (κ2) is 7.82. The molecule has 0 spiro atoms. The Bertz CT molecular complexity index is 576. The van der Waals surface area contributed by atoms with Gasteiger partial charge >= 0.3 is 5.97 Å². The molecule has 7 nitrogen and oxygen atoms in total. The monoisotopic (exact) mass is 322 g/mol. The third-order valence-electron chi connectivity index (χ3n) is 3.91. The van der Waals surface area contributed by atoms with Crippen LogP contribution in [0.5, 0.6) is 11.5 Å². The highest BCUT2D eigenvalue weighted by Gasteiger charge is 2.30. The summed E-state index contributed by atoms with van der Waals surface area (Å²) in [6.07, 6.45) is 2.49. The van der Waals surface area contributed by atoms with Crippen LogP contribution in [0.4, 0.5) is 5.69 Å². The van der Waals surface area contributed by atoms with E-state index in [2.05, 4.69) is 5.32 Å². The number of anilines is 1. The Morgan fingerprint density at radius 1 is 1.26 bits per heavy atom. The highest BCUT2D eigenvalue weighted by molar-refractivity contribution is 5.95. The number of hydrogen-bond acceptors (Lipinski definition) is 5. The molecule has 1 aliphatic rings. The van der Waals surface area contributed by atoms with E-state index in [1.807, 2.05) is 0 Å². The van der Waals surface area contributed by atoms with Gasteiger partial charge in [-0.25, -0.2) is 0 Å². The molecule has 0 saturated carbocycles. The molecule has 1 fully saturated rings. The van der Waals surface area contributed by atoms with Gasteiger partial charge in [-0.3, -0.25) is 14.5 Å². The predicted molar refractivity (Wildman–Crippen MR) is 85.0 cm³/mol. The maximum atomic E-state index is 12.5. The van der Waals surface area contributed by atoms with E-state index in [-0.39, 0.29) is 12.5 Å². The fourth-order valence-corrected chi connectivity index (χ4v) is 2.79. The molecule has 1 amide bonds. The van der Waals surface area contributed by atoms with Crippen molar-refractivity contribution < 1.29 is 24.2 Å². The Hall–Kier alpha value is -2.28. The van der Waals surface area contributed by atoms with Crippen LogP contribution in [0.3, 0.4) is 0 Å². The van der Waals surface area contributed by atoms with Crippen LogP contribution in [0, 0.1) is 0 Å². The number of hydrogen-bond donors (Lipinski definition) is 2. The third kappa shape index (κ3) is 4.35. The predicted octanol–water partition coefficient (Wildman–Crippen LogP) is 1.58. The van der Waals surface area contributed by atoms with Crippen molar-refractivity contribution >= 4 is 17.6 Å². The van der Waals surface area contributed by atoms with Crippen molar-refractivity contribution in [1.82, 2.24) is 4.90 Å². The van der Waals surface area contributed by atoms with Crippen molar-refractivity contribution in [1.29, 1.82) is 0 Å². The summed E-state index contributed by atoms with van der Waals surface area (Å²) in [7, 11) is 3.07. The molecule has 0 bridgehead atoms. The van der Waals surface area contributed by atoms with Crippen LogP contribution in [0.25, 0.3) is 0 Å². The van der Waals surface area contributed by atoms with Gasteiger partial charge in [-0.1, -0.05) is 6.42 Å². The zero-order valence-electron chi connectivity index (χ0n) is 13.4. The van der Waals surface area contributed by atoms with Gasteiger partial charge in [-0.2, -0.15) is 0 Å². The molecule has 2 N–H and O–H groups in total. The first-order valence-electron chi connectivity index (χ1n) is 7.54. The Labute approximate surface area is 135 Å². The highest BCUT2D eigenvalue weighted by atomic mass is 16.5. The van der Waals surface area contributed by atoms with Crippen molar-refractivity contribution in [3.63, 3.8) is 0 Å². The number of likely N-dealkylation sites (tertiary alicyclic amines) is 1. The number of carboxylic acids is 1. The van der Waals surface area contributed by atoms with E-state index in [1.54, 1.807) is 30.2 Å². The summed E-state index contributed by atoms with van der Waals surface area (Å²) >= 11 is 0. The summed E-state index contributed by atoms with van der Waals surface area (Å²) in [5.74, 6) is -0.0130. The average molecular weight is 322 g/mol. The van der Waals surface area contributed by atoms with Gasteiger partial charge in [0.25, 0.3) is 0 Å². The zero-order chi connectivity index (χ0) is 16.8. The molecule has 1 heterocycles. The second-order valence-electron chi connectivity index (χ2n) is 5.43. The lowest BCUT2D eigenvalue weighted by atomic mass is 10.0. The first-order valence-corrected chi connectivity index (χ1v) is 7.54. The Morgan fingerprint density at radius 2 is 2.00 bits per heavy atom. The smallest absolute Gasteiger partial charge is 0.317 e. The quantitative estimate of drug-likeness (QED) is 0.827. The Balaban J connectivity index is 2.09. The van der Waals surface area contributed by atoms with Crippen molar-refractivity contribution in [2.75, 3.05) is 32.6 Å². The van der Waals surface area contributed by atoms with Crippen molar-refractivity contribution in [2.45, 2.75) is 25.3 Å². The fraction of sp³-hybridized carbons (Fsp3) is 0.500.